The van der Waals surface area contributed by atoms with E-state index >= 15 is 0 Å². The minimum Gasteiger partial charge on any atom is -0.496 e. The molecule has 0 aliphatic heterocycles. The predicted molar refractivity (Wildman–Crippen MR) is 72.7 cm³/mol. The molecule has 1 saturated carbocycles. The first-order valence-corrected chi connectivity index (χ1v) is 6.57. The average molecular weight is 279 g/mol. The zero-order chi connectivity index (χ0) is 14.8. The molecule has 20 heavy (non-hydrogen) atoms. The van der Waals surface area contributed by atoms with Crippen molar-refractivity contribution < 1.29 is 18.7 Å². The molecular formula is C15H18FNO3. The van der Waals surface area contributed by atoms with E-state index in [4.69, 9.17) is 9.47 Å². The molecule has 1 aromatic rings. The Morgan fingerprint density at radius 1 is 1.30 bits per heavy atom. The Bertz CT molecular complexity index is 546. The lowest BCUT2D eigenvalue weighted by atomic mass is 9.71. The minimum atomic E-state index is -1.17. The molecule has 0 spiro atoms. The van der Waals surface area contributed by atoms with E-state index in [0.29, 0.717) is 17.1 Å². The van der Waals surface area contributed by atoms with Crippen LogP contribution < -0.4 is 9.47 Å². The van der Waals surface area contributed by atoms with Gasteiger partial charge in [-0.15, -0.1) is 0 Å². The van der Waals surface area contributed by atoms with Crippen LogP contribution in [0.15, 0.2) is 17.1 Å². The van der Waals surface area contributed by atoms with Crippen molar-refractivity contribution in [1.82, 2.24) is 0 Å². The molecule has 4 nitrogen and oxygen atoms in total. The van der Waals surface area contributed by atoms with Crippen molar-refractivity contribution >= 4 is 6.08 Å². The molecular weight excluding hydrogens is 261 g/mol. The highest BCUT2D eigenvalue weighted by atomic mass is 19.1. The Kier molecular flexibility index (Phi) is 4.09. The number of rotatable bonds is 5. The van der Waals surface area contributed by atoms with E-state index in [1.54, 1.807) is 18.2 Å². The third-order valence-electron chi connectivity index (χ3n) is 3.92. The molecule has 1 atom stereocenters. The third-order valence-corrected chi connectivity index (χ3v) is 3.92. The van der Waals surface area contributed by atoms with Gasteiger partial charge >= 0.3 is 0 Å². The van der Waals surface area contributed by atoms with Crippen molar-refractivity contribution in [3.05, 3.63) is 23.3 Å². The van der Waals surface area contributed by atoms with Crippen LogP contribution in [0.4, 0.5) is 4.39 Å². The largest absolute Gasteiger partial charge is 0.496 e. The van der Waals surface area contributed by atoms with Gasteiger partial charge in [-0.1, -0.05) is 0 Å². The number of methoxy groups -OCH3 is 2. The summed E-state index contributed by atoms with van der Waals surface area (Å²) in [5.74, 6) is 0.995. The SMILES string of the molecule is COc1cc(OC)c(C2(N=C=O)CCC2)cc1C(C)F. The number of ether oxygens (including phenoxy) is 2. The topological polar surface area (TPSA) is 47.9 Å². The van der Waals surface area contributed by atoms with Crippen LogP contribution in [0.25, 0.3) is 0 Å². The molecule has 2 rings (SSSR count). The van der Waals surface area contributed by atoms with Crippen molar-refractivity contribution in [2.24, 2.45) is 4.99 Å². The molecule has 1 fully saturated rings. The quantitative estimate of drug-likeness (QED) is 0.612. The van der Waals surface area contributed by atoms with Gasteiger partial charge in [0.25, 0.3) is 0 Å². The number of hydrogen-bond acceptors (Lipinski definition) is 4. The average Bonchev–Trinajstić information content (AvgIpc) is 2.41. The van der Waals surface area contributed by atoms with E-state index in [0.717, 1.165) is 24.8 Å². The second kappa shape index (κ2) is 5.63. The number of halogens is 1. The predicted octanol–water partition coefficient (Wildman–Crippen LogP) is 3.45. The number of benzene rings is 1. The molecule has 0 amide bonds. The fourth-order valence-electron chi connectivity index (χ4n) is 2.64. The first-order valence-electron chi connectivity index (χ1n) is 6.57. The summed E-state index contributed by atoms with van der Waals surface area (Å²) in [6, 6.07) is 3.35. The van der Waals surface area contributed by atoms with Crippen LogP contribution in [0.1, 0.15) is 43.5 Å². The van der Waals surface area contributed by atoms with Crippen LogP contribution >= 0.6 is 0 Å². The van der Waals surface area contributed by atoms with E-state index in [9.17, 15) is 9.18 Å². The summed E-state index contributed by atoms with van der Waals surface area (Å²) in [4.78, 5) is 14.6. The second-order valence-corrected chi connectivity index (χ2v) is 5.00. The standard InChI is InChI=1S/C15H18FNO3/c1-10(16)11-7-12(14(20-3)8-13(11)19-2)15(17-9-18)5-4-6-15/h7-8,10H,4-6H2,1-3H3. The Balaban J connectivity index is 2.62. The number of carbonyl (C=O) groups excluding carboxylic acids is 1. The van der Waals surface area contributed by atoms with Gasteiger partial charge in [0.15, 0.2) is 0 Å². The van der Waals surface area contributed by atoms with E-state index in [1.807, 2.05) is 0 Å². The van der Waals surface area contributed by atoms with Gasteiger partial charge in [0.1, 0.15) is 23.2 Å². The molecule has 0 N–H and O–H groups in total. The zero-order valence-corrected chi connectivity index (χ0v) is 11.9. The Morgan fingerprint density at radius 3 is 2.35 bits per heavy atom. The monoisotopic (exact) mass is 279 g/mol. The van der Waals surface area contributed by atoms with Crippen LogP contribution in [0.5, 0.6) is 11.5 Å². The summed E-state index contributed by atoms with van der Waals surface area (Å²) < 4.78 is 24.3. The van der Waals surface area contributed by atoms with Crippen LogP contribution in [0.2, 0.25) is 0 Å². The van der Waals surface area contributed by atoms with Crippen LogP contribution in [0.3, 0.4) is 0 Å². The molecule has 1 aromatic carbocycles. The number of hydrogen-bond donors (Lipinski definition) is 0. The summed E-state index contributed by atoms with van der Waals surface area (Å²) in [6.45, 7) is 1.45. The van der Waals surface area contributed by atoms with Gasteiger partial charge in [0.2, 0.25) is 6.08 Å². The summed E-state index contributed by atoms with van der Waals surface area (Å²) in [5, 5.41) is 0. The van der Waals surface area contributed by atoms with Gasteiger partial charge in [-0.2, -0.15) is 4.99 Å². The molecule has 1 aliphatic rings. The lowest BCUT2D eigenvalue weighted by molar-refractivity contribution is 0.244. The van der Waals surface area contributed by atoms with Gasteiger partial charge in [-0.05, 0) is 32.3 Å². The molecule has 0 radical (unpaired) electrons. The lowest BCUT2D eigenvalue weighted by Gasteiger charge is -2.38. The third kappa shape index (κ3) is 2.29. The van der Waals surface area contributed by atoms with Gasteiger partial charge in [-0.3, -0.25) is 0 Å². The van der Waals surface area contributed by atoms with Gasteiger partial charge in [0.05, 0.1) is 14.2 Å². The van der Waals surface area contributed by atoms with Crippen molar-refractivity contribution in [3.8, 4) is 11.5 Å². The maximum absolute atomic E-state index is 13.8. The molecule has 108 valence electrons. The maximum Gasteiger partial charge on any atom is 0.235 e. The number of isocyanates is 1. The molecule has 0 bridgehead atoms. The maximum atomic E-state index is 13.8. The van der Waals surface area contributed by atoms with E-state index in [2.05, 4.69) is 4.99 Å². The highest BCUT2D eigenvalue weighted by Gasteiger charge is 2.41. The molecule has 1 unspecified atom stereocenters. The van der Waals surface area contributed by atoms with Gasteiger partial charge in [-0.25, -0.2) is 9.18 Å². The smallest absolute Gasteiger partial charge is 0.235 e. The lowest BCUT2D eigenvalue weighted by Crippen LogP contribution is -2.32. The molecule has 0 saturated heterocycles. The molecule has 1 aliphatic carbocycles. The van der Waals surface area contributed by atoms with Gasteiger partial charge < -0.3 is 9.47 Å². The van der Waals surface area contributed by atoms with Crippen molar-refractivity contribution in [2.75, 3.05) is 14.2 Å². The number of alkyl halides is 1. The first-order chi connectivity index (χ1) is 9.57. The van der Waals surface area contributed by atoms with Crippen molar-refractivity contribution in [1.29, 1.82) is 0 Å². The van der Waals surface area contributed by atoms with Crippen molar-refractivity contribution in [3.63, 3.8) is 0 Å². The first kappa shape index (κ1) is 14.5. The van der Waals surface area contributed by atoms with E-state index in [1.165, 1.54) is 21.1 Å². The zero-order valence-electron chi connectivity index (χ0n) is 11.9. The fraction of sp³-hybridized carbons (Fsp3) is 0.533. The van der Waals surface area contributed by atoms with Crippen LogP contribution in [-0.4, -0.2) is 20.3 Å². The van der Waals surface area contributed by atoms with Crippen LogP contribution in [0, 0.1) is 0 Å². The normalized spacial score (nSPS) is 17.6. The summed E-state index contributed by atoms with van der Waals surface area (Å²) >= 11 is 0. The Labute approximate surface area is 117 Å². The van der Waals surface area contributed by atoms with Crippen LogP contribution in [-0.2, 0) is 10.3 Å². The Hall–Kier alpha value is -1.87. The van der Waals surface area contributed by atoms with E-state index < -0.39 is 11.7 Å². The summed E-state index contributed by atoms with van der Waals surface area (Å²) in [5.41, 5.74) is 0.550. The molecule has 0 heterocycles. The molecule has 5 heteroatoms. The Morgan fingerprint density at radius 2 is 1.95 bits per heavy atom. The van der Waals surface area contributed by atoms with E-state index in [-0.39, 0.29) is 0 Å². The summed E-state index contributed by atoms with van der Waals surface area (Å²) in [6.07, 6.45) is 2.91. The number of aliphatic imine (C=N–C) groups is 1. The molecule has 0 aromatic heterocycles. The highest BCUT2D eigenvalue weighted by molar-refractivity contribution is 5.52. The van der Waals surface area contributed by atoms with Gasteiger partial charge in [0, 0.05) is 17.2 Å². The highest BCUT2D eigenvalue weighted by Crippen LogP contribution is 2.50. The van der Waals surface area contributed by atoms with Crippen molar-refractivity contribution in [2.45, 2.75) is 37.9 Å². The minimum absolute atomic E-state index is 0.435. The fourth-order valence-corrected chi connectivity index (χ4v) is 2.64. The number of nitrogens with zero attached hydrogens (tertiary/aromatic N) is 1. The second-order valence-electron chi connectivity index (χ2n) is 5.00. The summed E-state index contributed by atoms with van der Waals surface area (Å²) in [7, 11) is 3.02.